The number of likely N-dealkylation sites (N-methyl/N-ethyl adjacent to an activating group) is 1. The van der Waals surface area contributed by atoms with Gasteiger partial charge in [0.2, 0.25) is 5.91 Å². The van der Waals surface area contributed by atoms with E-state index in [-0.39, 0.29) is 11.9 Å². The van der Waals surface area contributed by atoms with Crippen LogP contribution in [0.1, 0.15) is 27.2 Å². The molecule has 0 unspecified atom stereocenters. The van der Waals surface area contributed by atoms with Crippen LogP contribution in [0.2, 0.25) is 0 Å². The number of rotatable bonds is 7. The molecule has 4 nitrogen and oxygen atoms in total. The number of thiocarbonyl (C=S) groups is 1. The van der Waals surface area contributed by atoms with E-state index in [9.17, 15) is 4.79 Å². The Morgan fingerprint density at radius 1 is 1.53 bits per heavy atom. The lowest BCUT2D eigenvalue weighted by Gasteiger charge is -2.20. The monoisotopic (exact) mass is 231 g/mol. The van der Waals surface area contributed by atoms with Crippen molar-refractivity contribution in [1.82, 2.24) is 10.2 Å². The summed E-state index contributed by atoms with van der Waals surface area (Å²) < 4.78 is 0. The van der Waals surface area contributed by atoms with Gasteiger partial charge in [0.25, 0.3) is 0 Å². The Kier molecular flexibility index (Phi) is 7.25. The quantitative estimate of drug-likeness (QED) is 0.627. The van der Waals surface area contributed by atoms with E-state index in [0.29, 0.717) is 18.0 Å². The largest absolute Gasteiger partial charge is 0.393 e. The lowest BCUT2D eigenvalue weighted by Crippen LogP contribution is -2.40. The molecule has 1 amide bonds. The van der Waals surface area contributed by atoms with Gasteiger partial charge in [0, 0.05) is 19.0 Å². The first-order valence-corrected chi connectivity index (χ1v) is 5.66. The van der Waals surface area contributed by atoms with Crippen LogP contribution >= 0.6 is 12.2 Å². The van der Waals surface area contributed by atoms with Crippen LogP contribution in [-0.2, 0) is 4.79 Å². The van der Waals surface area contributed by atoms with Gasteiger partial charge in [-0.15, -0.1) is 0 Å². The fourth-order valence-electron chi connectivity index (χ4n) is 1.19. The molecule has 3 N–H and O–H groups in total. The molecular weight excluding hydrogens is 210 g/mol. The van der Waals surface area contributed by atoms with Crippen molar-refractivity contribution in [2.24, 2.45) is 5.73 Å². The van der Waals surface area contributed by atoms with Gasteiger partial charge in [-0.3, -0.25) is 9.69 Å². The van der Waals surface area contributed by atoms with Gasteiger partial charge in [0.15, 0.2) is 0 Å². The summed E-state index contributed by atoms with van der Waals surface area (Å²) in [6.45, 7) is 7.90. The second kappa shape index (κ2) is 7.59. The highest BCUT2D eigenvalue weighted by molar-refractivity contribution is 7.80. The van der Waals surface area contributed by atoms with Crippen LogP contribution in [0.15, 0.2) is 0 Å². The highest BCUT2D eigenvalue weighted by Crippen LogP contribution is 1.92. The standard InChI is InChI=1S/C10H21N3OS/c1-4-13(6-5-9(11)15)7-10(14)12-8(2)3/h8H,4-7H2,1-3H3,(H2,11,15)(H,12,14). The van der Waals surface area contributed by atoms with E-state index in [4.69, 9.17) is 18.0 Å². The molecule has 5 heteroatoms. The summed E-state index contributed by atoms with van der Waals surface area (Å²) in [5.41, 5.74) is 5.41. The molecule has 0 fully saturated rings. The molecule has 0 aliphatic heterocycles. The molecule has 0 bridgehead atoms. The van der Waals surface area contributed by atoms with E-state index in [1.165, 1.54) is 0 Å². The normalized spacial score (nSPS) is 10.7. The van der Waals surface area contributed by atoms with Gasteiger partial charge in [-0.25, -0.2) is 0 Å². The average molecular weight is 231 g/mol. The molecule has 0 aliphatic carbocycles. The maximum Gasteiger partial charge on any atom is 0.234 e. The van der Waals surface area contributed by atoms with Gasteiger partial charge in [0.1, 0.15) is 0 Å². The zero-order valence-corrected chi connectivity index (χ0v) is 10.6. The van der Waals surface area contributed by atoms with E-state index in [1.54, 1.807) is 0 Å². The summed E-state index contributed by atoms with van der Waals surface area (Å²) in [4.78, 5) is 14.0. The van der Waals surface area contributed by atoms with Gasteiger partial charge < -0.3 is 11.1 Å². The molecule has 0 saturated carbocycles. The minimum absolute atomic E-state index is 0.0507. The maximum absolute atomic E-state index is 11.5. The highest BCUT2D eigenvalue weighted by atomic mass is 32.1. The lowest BCUT2D eigenvalue weighted by atomic mass is 10.3. The molecule has 0 radical (unpaired) electrons. The molecule has 0 saturated heterocycles. The van der Waals surface area contributed by atoms with E-state index in [1.807, 2.05) is 25.7 Å². The van der Waals surface area contributed by atoms with Gasteiger partial charge >= 0.3 is 0 Å². The molecule has 0 aliphatic rings. The Hall–Kier alpha value is -0.680. The molecule has 0 atom stereocenters. The van der Waals surface area contributed by atoms with Gasteiger partial charge in [-0.1, -0.05) is 19.1 Å². The lowest BCUT2D eigenvalue weighted by molar-refractivity contribution is -0.122. The third-order valence-electron chi connectivity index (χ3n) is 1.94. The SMILES string of the molecule is CCN(CCC(N)=S)CC(=O)NC(C)C. The summed E-state index contributed by atoms with van der Waals surface area (Å²) in [7, 11) is 0. The van der Waals surface area contributed by atoms with Crippen LogP contribution in [-0.4, -0.2) is 41.5 Å². The first-order chi connectivity index (χ1) is 6.95. The third kappa shape index (κ3) is 8.32. The number of carbonyl (C=O) groups excluding carboxylic acids is 1. The summed E-state index contributed by atoms with van der Waals surface area (Å²) >= 11 is 4.80. The minimum Gasteiger partial charge on any atom is -0.393 e. The molecule has 0 rings (SSSR count). The van der Waals surface area contributed by atoms with Crippen molar-refractivity contribution >= 4 is 23.1 Å². The predicted octanol–water partition coefficient (Wildman–Crippen LogP) is 0.509. The Balaban J connectivity index is 3.87. The number of hydrogen-bond donors (Lipinski definition) is 2. The van der Waals surface area contributed by atoms with Crippen LogP contribution in [0.25, 0.3) is 0 Å². The minimum atomic E-state index is 0.0507. The topological polar surface area (TPSA) is 58.4 Å². The first kappa shape index (κ1) is 14.3. The van der Waals surface area contributed by atoms with Crippen molar-refractivity contribution in [3.05, 3.63) is 0 Å². The van der Waals surface area contributed by atoms with Crippen molar-refractivity contribution in [2.75, 3.05) is 19.6 Å². The fourth-order valence-corrected chi connectivity index (χ4v) is 1.28. The van der Waals surface area contributed by atoms with Crippen molar-refractivity contribution in [2.45, 2.75) is 33.2 Å². The van der Waals surface area contributed by atoms with Crippen molar-refractivity contribution in [3.63, 3.8) is 0 Å². The van der Waals surface area contributed by atoms with Gasteiger partial charge in [0.05, 0.1) is 11.5 Å². The zero-order chi connectivity index (χ0) is 11.8. The molecule has 15 heavy (non-hydrogen) atoms. The van der Waals surface area contributed by atoms with E-state index in [2.05, 4.69) is 5.32 Å². The third-order valence-corrected chi connectivity index (χ3v) is 2.14. The highest BCUT2D eigenvalue weighted by Gasteiger charge is 2.09. The molecule has 88 valence electrons. The maximum atomic E-state index is 11.5. The van der Waals surface area contributed by atoms with Gasteiger partial charge in [-0.2, -0.15) is 0 Å². The van der Waals surface area contributed by atoms with Crippen molar-refractivity contribution in [1.29, 1.82) is 0 Å². The van der Waals surface area contributed by atoms with Crippen LogP contribution in [0.5, 0.6) is 0 Å². The van der Waals surface area contributed by atoms with Crippen molar-refractivity contribution < 1.29 is 4.79 Å². The average Bonchev–Trinajstić information content (AvgIpc) is 2.10. The van der Waals surface area contributed by atoms with Crippen LogP contribution in [0.4, 0.5) is 0 Å². The summed E-state index contributed by atoms with van der Waals surface area (Å²) in [6.07, 6.45) is 0.665. The first-order valence-electron chi connectivity index (χ1n) is 5.25. The number of hydrogen-bond acceptors (Lipinski definition) is 3. The number of carbonyl (C=O) groups is 1. The van der Waals surface area contributed by atoms with E-state index < -0.39 is 0 Å². The van der Waals surface area contributed by atoms with Gasteiger partial charge in [-0.05, 0) is 20.4 Å². The Morgan fingerprint density at radius 3 is 2.53 bits per heavy atom. The second-order valence-electron chi connectivity index (χ2n) is 3.81. The Bertz CT molecular complexity index is 219. The molecule has 0 aromatic rings. The predicted molar refractivity (Wildman–Crippen MR) is 66.8 cm³/mol. The number of nitrogens with zero attached hydrogens (tertiary/aromatic N) is 1. The van der Waals surface area contributed by atoms with E-state index in [0.717, 1.165) is 13.1 Å². The summed E-state index contributed by atoms with van der Waals surface area (Å²) in [5, 5.41) is 2.85. The van der Waals surface area contributed by atoms with Crippen LogP contribution in [0, 0.1) is 0 Å². The summed E-state index contributed by atoms with van der Waals surface area (Å²) in [5.74, 6) is 0.0507. The molecule has 0 spiro atoms. The Labute approximate surface area is 97.2 Å². The Morgan fingerprint density at radius 2 is 2.13 bits per heavy atom. The molecule has 0 heterocycles. The second-order valence-corrected chi connectivity index (χ2v) is 4.33. The number of amides is 1. The van der Waals surface area contributed by atoms with Crippen LogP contribution < -0.4 is 11.1 Å². The van der Waals surface area contributed by atoms with E-state index >= 15 is 0 Å². The smallest absolute Gasteiger partial charge is 0.234 e. The van der Waals surface area contributed by atoms with Crippen molar-refractivity contribution in [3.8, 4) is 0 Å². The molecule has 0 aromatic carbocycles. The fraction of sp³-hybridized carbons (Fsp3) is 0.800. The van der Waals surface area contributed by atoms with Crippen LogP contribution in [0.3, 0.4) is 0 Å². The molecule has 0 aromatic heterocycles. The number of nitrogens with one attached hydrogen (secondary N) is 1. The molecular formula is C10H21N3OS. The zero-order valence-electron chi connectivity index (χ0n) is 9.75. The summed E-state index contributed by atoms with van der Waals surface area (Å²) in [6, 6.07) is 0.187. The number of nitrogens with two attached hydrogens (primary N) is 1.